The highest BCUT2D eigenvalue weighted by molar-refractivity contribution is 5.81. The molecule has 0 aliphatic rings. The molecule has 0 saturated carbocycles. The molecule has 4 aromatic rings. The number of benzene rings is 2. The van der Waals surface area contributed by atoms with Crippen LogP contribution in [0.25, 0.3) is 39.7 Å². The maximum Gasteiger partial charge on any atom is 0.138 e. The van der Waals surface area contributed by atoms with Gasteiger partial charge in [0.1, 0.15) is 11.6 Å². The molecule has 28 heavy (non-hydrogen) atoms. The third kappa shape index (κ3) is 3.45. The number of methoxy groups -OCH3 is 1. The van der Waals surface area contributed by atoms with Gasteiger partial charge in [0.15, 0.2) is 0 Å². The number of imidazole rings is 1. The summed E-state index contributed by atoms with van der Waals surface area (Å²) in [5.74, 6) is 1.46. The standard InChI is InChI=1S/C24H21N3O/c1-16-5-4-6-21(15-16)23-22(19-11-13-25-14-12-19)26-24(27-23)20-9-7-18(8-10-20)17(2)28-3/h4-15H,2H2,1,3H3,(H,26,27). The molecular formula is C24H21N3O. The van der Waals surface area contributed by atoms with Crippen molar-refractivity contribution in [2.45, 2.75) is 6.92 Å². The molecule has 0 fully saturated rings. The van der Waals surface area contributed by atoms with Gasteiger partial charge in [-0.15, -0.1) is 0 Å². The highest BCUT2D eigenvalue weighted by atomic mass is 16.5. The average Bonchev–Trinajstić information content (AvgIpc) is 3.19. The molecule has 0 unspecified atom stereocenters. The molecule has 0 atom stereocenters. The molecule has 138 valence electrons. The van der Waals surface area contributed by atoms with E-state index >= 15 is 0 Å². The first-order valence-corrected chi connectivity index (χ1v) is 9.07. The number of hydrogen-bond acceptors (Lipinski definition) is 3. The molecule has 4 heteroatoms. The molecule has 0 saturated heterocycles. The van der Waals surface area contributed by atoms with Crippen molar-refractivity contribution in [1.29, 1.82) is 0 Å². The molecule has 2 heterocycles. The van der Waals surface area contributed by atoms with Gasteiger partial charge < -0.3 is 9.72 Å². The van der Waals surface area contributed by atoms with Crippen molar-refractivity contribution in [2.75, 3.05) is 7.11 Å². The summed E-state index contributed by atoms with van der Waals surface area (Å²) in [6, 6.07) is 20.4. The lowest BCUT2D eigenvalue weighted by Crippen LogP contribution is -1.86. The summed E-state index contributed by atoms with van der Waals surface area (Å²) in [4.78, 5) is 12.6. The third-order valence-electron chi connectivity index (χ3n) is 4.69. The van der Waals surface area contributed by atoms with E-state index in [1.165, 1.54) is 5.56 Å². The number of pyridine rings is 1. The van der Waals surface area contributed by atoms with Gasteiger partial charge in [0, 0.05) is 34.6 Å². The Morgan fingerprint density at radius 1 is 0.929 bits per heavy atom. The SMILES string of the molecule is C=C(OC)c1ccc(-c2nc(-c3cccc(C)c3)c(-c3ccncc3)[nH]2)cc1. The highest BCUT2D eigenvalue weighted by Gasteiger charge is 2.15. The highest BCUT2D eigenvalue weighted by Crippen LogP contribution is 2.33. The maximum absolute atomic E-state index is 5.21. The van der Waals surface area contributed by atoms with Gasteiger partial charge in [-0.2, -0.15) is 0 Å². The van der Waals surface area contributed by atoms with E-state index < -0.39 is 0 Å². The van der Waals surface area contributed by atoms with E-state index in [-0.39, 0.29) is 0 Å². The van der Waals surface area contributed by atoms with Crippen LogP contribution in [0.15, 0.2) is 79.6 Å². The predicted octanol–water partition coefficient (Wildman–Crippen LogP) is 5.73. The molecule has 2 aromatic heterocycles. The number of nitrogens with one attached hydrogen (secondary N) is 1. The fourth-order valence-electron chi connectivity index (χ4n) is 3.17. The van der Waals surface area contributed by atoms with Gasteiger partial charge in [-0.25, -0.2) is 4.98 Å². The van der Waals surface area contributed by atoms with Crippen LogP contribution in [0.5, 0.6) is 0 Å². The molecule has 4 nitrogen and oxygen atoms in total. The average molecular weight is 367 g/mol. The van der Waals surface area contributed by atoms with Crippen molar-refractivity contribution in [3.05, 3.63) is 90.8 Å². The van der Waals surface area contributed by atoms with Crippen molar-refractivity contribution >= 4 is 5.76 Å². The van der Waals surface area contributed by atoms with Crippen LogP contribution in [0, 0.1) is 6.92 Å². The predicted molar refractivity (Wildman–Crippen MR) is 113 cm³/mol. The van der Waals surface area contributed by atoms with Gasteiger partial charge >= 0.3 is 0 Å². The molecule has 2 aromatic carbocycles. The van der Waals surface area contributed by atoms with Crippen LogP contribution in [0.4, 0.5) is 0 Å². The van der Waals surface area contributed by atoms with Crippen LogP contribution in [0.1, 0.15) is 11.1 Å². The number of H-pyrrole nitrogens is 1. The number of aromatic nitrogens is 3. The minimum Gasteiger partial charge on any atom is -0.497 e. The first kappa shape index (κ1) is 17.7. The van der Waals surface area contributed by atoms with Crippen molar-refractivity contribution in [1.82, 2.24) is 15.0 Å². The smallest absolute Gasteiger partial charge is 0.138 e. The Balaban J connectivity index is 1.83. The maximum atomic E-state index is 5.21. The van der Waals surface area contributed by atoms with Crippen molar-refractivity contribution in [3.8, 4) is 33.9 Å². The zero-order valence-electron chi connectivity index (χ0n) is 15.9. The summed E-state index contributed by atoms with van der Waals surface area (Å²) >= 11 is 0. The van der Waals surface area contributed by atoms with Crippen LogP contribution < -0.4 is 0 Å². The summed E-state index contributed by atoms with van der Waals surface area (Å²) in [5.41, 5.74) is 7.19. The lowest BCUT2D eigenvalue weighted by Gasteiger charge is -2.04. The van der Waals surface area contributed by atoms with Crippen molar-refractivity contribution in [3.63, 3.8) is 0 Å². The van der Waals surface area contributed by atoms with Gasteiger partial charge in [-0.1, -0.05) is 54.6 Å². The molecule has 0 aliphatic heterocycles. The van der Waals surface area contributed by atoms with Crippen molar-refractivity contribution in [2.24, 2.45) is 0 Å². The second-order valence-corrected chi connectivity index (χ2v) is 6.62. The van der Waals surface area contributed by atoms with Crippen LogP contribution in [-0.2, 0) is 4.74 Å². The monoisotopic (exact) mass is 367 g/mol. The fourth-order valence-corrected chi connectivity index (χ4v) is 3.17. The second kappa shape index (κ2) is 7.53. The Bertz CT molecular complexity index is 1110. The summed E-state index contributed by atoms with van der Waals surface area (Å²) in [6.45, 7) is 5.99. The lowest BCUT2D eigenvalue weighted by molar-refractivity contribution is 0.371. The van der Waals surface area contributed by atoms with Gasteiger partial charge in [0.2, 0.25) is 0 Å². The number of rotatable bonds is 5. The molecule has 0 bridgehead atoms. The number of ether oxygens (including phenoxy) is 1. The van der Waals surface area contributed by atoms with Crippen LogP contribution in [0.2, 0.25) is 0 Å². The Morgan fingerprint density at radius 2 is 1.68 bits per heavy atom. The van der Waals surface area contributed by atoms with E-state index in [0.717, 1.165) is 39.5 Å². The van der Waals surface area contributed by atoms with Crippen molar-refractivity contribution < 1.29 is 4.74 Å². The van der Waals surface area contributed by atoms with Gasteiger partial charge in [0.25, 0.3) is 0 Å². The zero-order valence-corrected chi connectivity index (χ0v) is 15.9. The summed E-state index contributed by atoms with van der Waals surface area (Å²) < 4.78 is 5.21. The number of hydrogen-bond donors (Lipinski definition) is 1. The molecule has 0 aliphatic carbocycles. The lowest BCUT2D eigenvalue weighted by atomic mass is 10.0. The van der Waals surface area contributed by atoms with E-state index in [4.69, 9.17) is 9.72 Å². The van der Waals surface area contributed by atoms with Gasteiger partial charge in [0.05, 0.1) is 18.5 Å². The Morgan fingerprint density at radius 3 is 2.36 bits per heavy atom. The molecular weight excluding hydrogens is 346 g/mol. The Labute approximate surface area is 164 Å². The zero-order chi connectivity index (χ0) is 19.5. The van der Waals surface area contributed by atoms with E-state index in [1.807, 2.05) is 36.4 Å². The molecule has 0 spiro atoms. The number of aryl methyl sites for hydroxylation is 1. The first-order chi connectivity index (χ1) is 13.7. The number of nitrogens with zero attached hydrogens (tertiary/aromatic N) is 2. The summed E-state index contributed by atoms with van der Waals surface area (Å²) in [7, 11) is 1.62. The molecule has 4 rings (SSSR count). The van der Waals surface area contributed by atoms with E-state index in [2.05, 4.69) is 47.7 Å². The van der Waals surface area contributed by atoms with Crippen LogP contribution in [0.3, 0.4) is 0 Å². The Kier molecular flexibility index (Phi) is 4.77. The van der Waals surface area contributed by atoms with E-state index in [0.29, 0.717) is 5.76 Å². The fraction of sp³-hybridized carbons (Fsp3) is 0.0833. The van der Waals surface area contributed by atoms with Crippen LogP contribution >= 0.6 is 0 Å². The minimum atomic E-state index is 0.643. The summed E-state index contributed by atoms with van der Waals surface area (Å²) in [6.07, 6.45) is 3.59. The quantitative estimate of drug-likeness (QED) is 0.458. The topological polar surface area (TPSA) is 50.8 Å². The first-order valence-electron chi connectivity index (χ1n) is 9.07. The second-order valence-electron chi connectivity index (χ2n) is 6.62. The minimum absolute atomic E-state index is 0.643. The van der Waals surface area contributed by atoms with E-state index in [1.54, 1.807) is 19.5 Å². The third-order valence-corrected chi connectivity index (χ3v) is 4.69. The van der Waals surface area contributed by atoms with Gasteiger partial charge in [-0.3, -0.25) is 4.98 Å². The summed E-state index contributed by atoms with van der Waals surface area (Å²) in [5, 5.41) is 0. The normalized spacial score (nSPS) is 10.6. The van der Waals surface area contributed by atoms with Crippen LogP contribution in [-0.4, -0.2) is 22.1 Å². The van der Waals surface area contributed by atoms with Gasteiger partial charge in [-0.05, 0) is 25.1 Å². The molecule has 0 amide bonds. The molecule has 1 N–H and O–H groups in total. The van der Waals surface area contributed by atoms with E-state index in [9.17, 15) is 0 Å². The largest absolute Gasteiger partial charge is 0.497 e. The Hall–Kier alpha value is -3.66. The number of aromatic amines is 1. The molecule has 0 radical (unpaired) electrons.